The van der Waals surface area contributed by atoms with Crippen molar-refractivity contribution in [3.63, 3.8) is 0 Å². The number of benzene rings is 1. The van der Waals surface area contributed by atoms with Gasteiger partial charge in [0.2, 0.25) is 0 Å². The van der Waals surface area contributed by atoms with Crippen LogP contribution in [0.1, 0.15) is 19.2 Å². The number of rotatable bonds is 2. The number of imidazole rings is 1. The molecule has 0 saturated heterocycles. The van der Waals surface area contributed by atoms with E-state index in [9.17, 15) is 0 Å². The number of para-hydroxylation sites is 1. The van der Waals surface area contributed by atoms with Crippen molar-refractivity contribution >= 4 is 0 Å². The topological polar surface area (TPSA) is 27.1 Å². The van der Waals surface area contributed by atoms with Gasteiger partial charge in [-0.3, -0.25) is 0 Å². The van der Waals surface area contributed by atoms with Crippen LogP contribution < -0.4 is 4.74 Å². The summed E-state index contributed by atoms with van der Waals surface area (Å²) in [6.45, 7) is 3.38. The Balaban J connectivity index is 2.02. The third kappa shape index (κ3) is 1.90. The van der Waals surface area contributed by atoms with Crippen molar-refractivity contribution in [1.82, 2.24) is 9.55 Å². The predicted molar refractivity (Wildman–Crippen MR) is 71.7 cm³/mol. The summed E-state index contributed by atoms with van der Waals surface area (Å²) >= 11 is 0. The molecule has 0 aliphatic carbocycles. The maximum atomic E-state index is 5.40. The first-order chi connectivity index (χ1) is 8.78. The number of fused-ring (bicyclic) bond motifs is 1. The summed E-state index contributed by atoms with van der Waals surface area (Å²) in [7, 11) is 1.71. The van der Waals surface area contributed by atoms with Gasteiger partial charge in [0.1, 0.15) is 11.6 Å². The van der Waals surface area contributed by atoms with Gasteiger partial charge in [-0.05, 0) is 24.5 Å². The molecule has 0 fully saturated rings. The van der Waals surface area contributed by atoms with Crippen molar-refractivity contribution in [3.05, 3.63) is 36.3 Å². The van der Waals surface area contributed by atoms with Gasteiger partial charge in [-0.1, -0.05) is 19.1 Å². The van der Waals surface area contributed by atoms with Crippen LogP contribution in [0.4, 0.5) is 0 Å². The van der Waals surface area contributed by atoms with E-state index in [0.717, 1.165) is 35.9 Å². The lowest BCUT2D eigenvalue weighted by Gasteiger charge is -2.19. The average molecular weight is 242 g/mol. The zero-order chi connectivity index (χ0) is 12.5. The van der Waals surface area contributed by atoms with Crippen molar-refractivity contribution in [2.45, 2.75) is 26.3 Å². The van der Waals surface area contributed by atoms with Crippen molar-refractivity contribution in [1.29, 1.82) is 0 Å². The molecular weight excluding hydrogens is 224 g/mol. The van der Waals surface area contributed by atoms with Gasteiger partial charge in [-0.15, -0.1) is 0 Å². The van der Waals surface area contributed by atoms with Crippen molar-refractivity contribution < 1.29 is 4.74 Å². The van der Waals surface area contributed by atoms with Gasteiger partial charge in [0.15, 0.2) is 0 Å². The van der Waals surface area contributed by atoms with Crippen LogP contribution in [-0.4, -0.2) is 16.7 Å². The minimum absolute atomic E-state index is 0.747. The Kier molecular flexibility index (Phi) is 2.82. The quantitative estimate of drug-likeness (QED) is 0.809. The van der Waals surface area contributed by atoms with E-state index in [-0.39, 0.29) is 0 Å². The molecule has 1 unspecified atom stereocenters. The van der Waals surface area contributed by atoms with E-state index in [0.29, 0.717) is 0 Å². The molecule has 0 spiro atoms. The Hall–Kier alpha value is -1.77. The first kappa shape index (κ1) is 11.3. The highest BCUT2D eigenvalue weighted by Crippen LogP contribution is 2.30. The molecule has 2 heterocycles. The molecule has 1 aliphatic heterocycles. The van der Waals surface area contributed by atoms with E-state index in [4.69, 9.17) is 9.72 Å². The Labute approximate surface area is 107 Å². The van der Waals surface area contributed by atoms with E-state index >= 15 is 0 Å². The Morgan fingerprint density at radius 2 is 2.17 bits per heavy atom. The van der Waals surface area contributed by atoms with Gasteiger partial charge < -0.3 is 9.30 Å². The fourth-order valence-electron chi connectivity index (χ4n) is 2.60. The Bertz CT molecular complexity index is 559. The normalized spacial score (nSPS) is 18.4. The minimum atomic E-state index is 0.747. The van der Waals surface area contributed by atoms with E-state index in [2.05, 4.69) is 23.8 Å². The van der Waals surface area contributed by atoms with E-state index in [1.54, 1.807) is 7.11 Å². The van der Waals surface area contributed by atoms with Crippen molar-refractivity contribution in [2.75, 3.05) is 7.11 Å². The third-order valence-electron chi connectivity index (χ3n) is 3.61. The van der Waals surface area contributed by atoms with Crippen LogP contribution in [-0.2, 0) is 13.0 Å². The fourth-order valence-corrected chi connectivity index (χ4v) is 2.60. The number of aromatic nitrogens is 2. The molecule has 3 nitrogen and oxygen atoms in total. The number of methoxy groups -OCH3 is 1. The summed E-state index contributed by atoms with van der Waals surface area (Å²) in [5, 5.41) is 0. The maximum absolute atomic E-state index is 5.40. The molecule has 1 aromatic carbocycles. The van der Waals surface area contributed by atoms with Crippen LogP contribution in [0.5, 0.6) is 5.75 Å². The predicted octanol–water partition coefficient (Wildman–Crippen LogP) is 3.14. The van der Waals surface area contributed by atoms with Gasteiger partial charge in [0, 0.05) is 24.7 Å². The fraction of sp³-hybridized carbons (Fsp3) is 0.400. The van der Waals surface area contributed by atoms with Gasteiger partial charge in [-0.2, -0.15) is 0 Å². The molecule has 3 rings (SSSR count). The summed E-state index contributed by atoms with van der Waals surface area (Å²) in [6, 6.07) is 8.06. The average Bonchev–Trinajstić information content (AvgIpc) is 2.81. The number of hydrogen-bond acceptors (Lipinski definition) is 2. The second-order valence-electron chi connectivity index (χ2n) is 5.04. The summed E-state index contributed by atoms with van der Waals surface area (Å²) in [5.41, 5.74) is 2.10. The Morgan fingerprint density at radius 1 is 1.33 bits per heavy atom. The van der Waals surface area contributed by atoms with Crippen molar-refractivity contribution in [3.8, 4) is 17.0 Å². The summed E-state index contributed by atoms with van der Waals surface area (Å²) in [5.74, 6) is 2.84. The smallest absolute Gasteiger partial charge is 0.128 e. The van der Waals surface area contributed by atoms with Gasteiger partial charge in [-0.25, -0.2) is 4.98 Å². The van der Waals surface area contributed by atoms with E-state index < -0.39 is 0 Å². The zero-order valence-electron chi connectivity index (χ0n) is 10.9. The largest absolute Gasteiger partial charge is 0.496 e. The monoisotopic (exact) mass is 242 g/mol. The number of nitrogens with zero attached hydrogens (tertiary/aromatic N) is 2. The van der Waals surface area contributed by atoms with Crippen LogP contribution >= 0.6 is 0 Å². The van der Waals surface area contributed by atoms with Crippen LogP contribution in [0.15, 0.2) is 30.5 Å². The molecule has 18 heavy (non-hydrogen) atoms. The van der Waals surface area contributed by atoms with Crippen LogP contribution in [0.25, 0.3) is 11.3 Å². The first-order valence-electron chi connectivity index (χ1n) is 6.47. The van der Waals surface area contributed by atoms with Gasteiger partial charge in [0.05, 0.1) is 12.8 Å². The lowest BCUT2D eigenvalue weighted by molar-refractivity contribution is 0.394. The molecule has 1 atom stereocenters. The molecule has 1 aliphatic rings. The molecule has 0 radical (unpaired) electrons. The van der Waals surface area contributed by atoms with Gasteiger partial charge in [0.25, 0.3) is 0 Å². The highest BCUT2D eigenvalue weighted by Gasteiger charge is 2.18. The van der Waals surface area contributed by atoms with Crippen LogP contribution in [0, 0.1) is 5.92 Å². The molecule has 0 amide bonds. The highest BCUT2D eigenvalue weighted by atomic mass is 16.5. The standard InChI is InChI=1S/C15H18N2O/c1-11-7-8-15-16-13(10-17(15)9-11)12-5-3-4-6-14(12)18-2/h3-6,10-11H,7-9H2,1-2H3. The Morgan fingerprint density at radius 3 is 3.00 bits per heavy atom. The minimum Gasteiger partial charge on any atom is -0.496 e. The molecule has 1 aromatic heterocycles. The van der Waals surface area contributed by atoms with Crippen LogP contribution in [0.3, 0.4) is 0 Å². The first-order valence-corrected chi connectivity index (χ1v) is 6.47. The SMILES string of the molecule is COc1ccccc1-c1cn2c(n1)CCC(C)C2. The van der Waals surface area contributed by atoms with Crippen molar-refractivity contribution in [2.24, 2.45) is 5.92 Å². The summed E-state index contributed by atoms with van der Waals surface area (Å²) in [4.78, 5) is 4.75. The van der Waals surface area contributed by atoms with Crippen LogP contribution in [0.2, 0.25) is 0 Å². The number of ether oxygens (including phenoxy) is 1. The number of aryl methyl sites for hydroxylation is 1. The van der Waals surface area contributed by atoms with E-state index in [1.165, 1.54) is 12.2 Å². The van der Waals surface area contributed by atoms with Gasteiger partial charge >= 0.3 is 0 Å². The second-order valence-corrected chi connectivity index (χ2v) is 5.04. The molecule has 0 saturated carbocycles. The third-order valence-corrected chi connectivity index (χ3v) is 3.61. The zero-order valence-corrected chi connectivity index (χ0v) is 10.9. The molecule has 0 N–H and O–H groups in total. The van der Waals surface area contributed by atoms with E-state index in [1.807, 2.05) is 18.2 Å². The lowest BCUT2D eigenvalue weighted by atomic mass is 10.0. The maximum Gasteiger partial charge on any atom is 0.128 e. The molecular formula is C15H18N2O. The summed E-state index contributed by atoms with van der Waals surface area (Å²) in [6.07, 6.45) is 4.47. The molecule has 3 heteroatoms. The highest BCUT2D eigenvalue weighted by molar-refractivity contribution is 5.66. The summed E-state index contributed by atoms with van der Waals surface area (Å²) < 4.78 is 7.69. The molecule has 94 valence electrons. The molecule has 2 aromatic rings. The second kappa shape index (κ2) is 4.48. The lowest BCUT2D eigenvalue weighted by Crippen LogP contribution is -2.17. The molecule has 0 bridgehead atoms. The number of hydrogen-bond donors (Lipinski definition) is 0.